The van der Waals surface area contributed by atoms with E-state index in [4.69, 9.17) is 4.74 Å². The van der Waals surface area contributed by atoms with E-state index >= 15 is 0 Å². The summed E-state index contributed by atoms with van der Waals surface area (Å²) in [5.74, 6) is 2.03. The molecule has 0 saturated carbocycles. The zero-order valence-electron chi connectivity index (χ0n) is 11.1. The summed E-state index contributed by atoms with van der Waals surface area (Å²) in [6, 6.07) is 1.80. The average molecular weight is 237 g/mol. The molecule has 0 atom stereocenters. The monoisotopic (exact) mass is 237 g/mol. The molecule has 0 amide bonds. The van der Waals surface area contributed by atoms with E-state index in [0.717, 1.165) is 31.9 Å². The van der Waals surface area contributed by atoms with Gasteiger partial charge < -0.3 is 10.1 Å². The number of nitrogens with one attached hydrogen (secondary N) is 1. The van der Waals surface area contributed by atoms with Crippen molar-refractivity contribution in [1.29, 1.82) is 0 Å². The van der Waals surface area contributed by atoms with Gasteiger partial charge in [-0.25, -0.2) is 4.98 Å². The molecule has 0 aliphatic carbocycles. The summed E-state index contributed by atoms with van der Waals surface area (Å²) in [6.45, 7) is 8.16. The van der Waals surface area contributed by atoms with Crippen LogP contribution in [-0.2, 0) is 0 Å². The third-order valence-corrected chi connectivity index (χ3v) is 2.34. The Hall–Kier alpha value is -1.32. The van der Waals surface area contributed by atoms with Crippen molar-refractivity contribution in [2.75, 3.05) is 18.5 Å². The molecule has 4 heteroatoms. The standard InChI is InChI=1S/C13H23N3O/c1-4-8-14-13-15-9-7-12(16-13)17-10-5-6-11(2)3/h7,9,11H,4-6,8,10H2,1-3H3,(H,14,15,16). The van der Waals surface area contributed by atoms with Crippen LogP contribution in [0.3, 0.4) is 0 Å². The van der Waals surface area contributed by atoms with Gasteiger partial charge in [0.05, 0.1) is 6.61 Å². The Labute approximate surface area is 104 Å². The Balaban J connectivity index is 2.32. The summed E-state index contributed by atoms with van der Waals surface area (Å²) < 4.78 is 5.59. The molecule has 17 heavy (non-hydrogen) atoms. The Morgan fingerprint density at radius 2 is 2.24 bits per heavy atom. The topological polar surface area (TPSA) is 47.0 Å². The van der Waals surface area contributed by atoms with Gasteiger partial charge in [0.25, 0.3) is 0 Å². The smallest absolute Gasteiger partial charge is 0.225 e. The summed E-state index contributed by atoms with van der Waals surface area (Å²) in [6.07, 6.45) is 5.04. The lowest BCUT2D eigenvalue weighted by molar-refractivity contribution is 0.287. The minimum absolute atomic E-state index is 0.646. The first-order chi connectivity index (χ1) is 8.22. The first-order valence-corrected chi connectivity index (χ1v) is 6.42. The SMILES string of the molecule is CCCNc1nccc(OCCCC(C)C)n1. The first kappa shape index (κ1) is 13.7. The van der Waals surface area contributed by atoms with E-state index in [0.29, 0.717) is 11.8 Å². The van der Waals surface area contributed by atoms with Gasteiger partial charge in [0.15, 0.2) is 0 Å². The fourth-order valence-corrected chi connectivity index (χ4v) is 1.41. The van der Waals surface area contributed by atoms with Crippen LogP contribution in [0.2, 0.25) is 0 Å². The second kappa shape index (κ2) is 7.87. The number of ether oxygens (including phenoxy) is 1. The van der Waals surface area contributed by atoms with Crippen molar-refractivity contribution in [3.05, 3.63) is 12.3 Å². The van der Waals surface area contributed by atoms with Gasteiger partial charge in [-0.3, -0.25) is 0 Å². The van der Waals surface area contributed by atoms with Crippen LogP contribution in [-0.4, -0.2) is 23.1 Å². The molecule has 1 N–H and O–H groups in total. The summed E-state index contributed by atoms with van der Waals surface area (Å²) >= 11 is 0. The molecule has 0 unspecified atom stereocenters. The van der Waals surface area contributed by atoms with Crippen molar-refractivity contribution in [2.45, 2.75) is 40.0 Å². The van der Waals surface area contributed by atoms with Crippen molar-refractivity contribution in [2.24, 2.45) is 5.92 Å². The van der Waals surface area contributed by atoms with Gasteiger partial charge in [0.2, 0.25) is 11.8 Å². The highest BCUT2D eigenvalue weighted by atomic mass is 16.5. The molecule has 0 aliphatic heterocycles. The van der Waals surface area contributed by atoms with Crippen LogP contribution in [0.15, 0.2) is 12.3 Å². The molecular formula is C13H23N3O. The molecule has 0 bridgehead atoms. The Kier molecular flexibility index (Phi) is 6.37. The lowest BCUT2D eigenvalue weighted by Crippen LogP contribution is -2.06. The average Bonchev–Trinajstić information content (AvgIpc) is 2.32. The highest BCUT2D eigenvalue weighted by molar-refractivity contribution is 5.27. The quantitative estimate of drug-likeness (QED) is 0.706. The number of nitrogens with zero attached hydrogens (tertiary/aromatic N) is 2. The van der Waals surface area contributed by atoms with Gasteiger partial charge in [-0.2, -0.15) is 4.98 Å². The summed E-state index contributed by atoms with van der Waals surface area (Å²) in [4.78, 5) is 8.41. The second-order valence-electron chi connectivity index (χ2n) is 4.53. The lowest BCUT2D eigenvalue weighted by atomic mass is 10.1. The molecule has 0 radical (unpaired) electrons. The van der Waals surface area contributed by atoms with E-state index < -0.39 is 0 Å². The van der Waals surface area contributed by atoms with E-state index in [1.165, 1.54) is 6.42 Å². The van der Waals surface area contributed by atoms with Gasteiger partial charge >= 0.3 is 0 Å². The highest BCUT2D eigenvalue weighted by Crippen LogP contribution is 2.10. The Morgan fingerprint density at radius 3 is 2.94 bits per heavy atom. The van der Waals surface area contributed by atoms with Gasteiger partial charge in [0.1, 0.15) is 0 Å². The van der Waals surface area contributed by atoms with Crippen LogP contribution in [0.4, 0.5) is 5.95 Å². The molecule has 0 aliphatic rings. The van der Waals surface area contributed by atoms with Crippen LogP contribution in [0, 0.1) is 5.92 Å². The molecule has 4 nitrogen and oxygen atoms in total. The molecule has 1 rings (SSSR count). The summed E-state index contributed by atoms with van der Waals surface area (Å²) in [5, 5.41) is 3.14. The van der Waals surface area contributed by atoms with Crippen LogP contribution in [0.1, 0.15) is 40.0 Å². The maximum atomic E-state index is 5.59. The van der Waals surface area contributed by atoms with E-state index in [1.54, 1.807) is 12.3 Å². The molecule has 0 aromatic carbocycles. The number of hydrogen-bond donors (Lipinski definition) is 1. The predicted octanol–water partition coefficient (Wildman–Crippen LogP) is 3.11. The van der Waals surface area contributed by atoms with E-state index in [9.17, 15) is 0 Å². The fourth-order valence-electron chi connectivity index (χ4n) is 1.41. The molecular weight excluding hydrogens is 214 g/mol. The largest absolute Gasteiger partial charge is 0.478 e. The second-order valence-corrected chi connectivity index (χ2v) is 4.53. The fraction of sp³-hybridized carbons (Fsp3) is 0.692. The summed E-state index contributed by atoms with van der Waals surface area (Å²) in [7, 11) is 0. The first-order valence-electron chi connectivity index (χ1n) is 6.42. The number of hydrogen-bond acceptors (Lipinski definition) is 4. The molecule has 1 aromatic rings. The molecule has 0 spiro atoms. The zero-order chi connectivity index (χ0) is 12.5. The van der Waals surface area contributed by atoms with Crippen LogP contribution < -0.4 is 10.1 Å². The molecule has 0 fully saturated rings. The number of rotatable bonds is 8. The molecule has 0 saturated heterocycles. The predicted molar refractivity (Wildman–Crippen MR) is 70.4 cm³/mol. The minimum Gasteiger partial charge on any atom is -0.478 e. The van der Waals surface area contributed by atoms with Crippen molar-refractivity contribution in [3.8, 4) is 5.88 Å². The molecule has 1 heterocycles. The van der Waals surface area contributed by atoms with Crippen molar-refractivity contribution in [1.82, 2.24) is 9.97 Å². The normalized spacial score (nSPS) is 10.6. The third-order valence-electron chi connectivity index (χ3n) is 2.34. The summed E-state index contributed by atoms with van der Waals surface area (Å²) in [5.41, 5.74) is 0. The van der Waals surface area contributed by atoms with Gasteiger partial charge in [0, 0.05) is 18.8 Å². The van der Waals surface area contributed by atoms with Crippen molar-refractivity contribution in [3.63, 3.8) is 0 Å². The van der Waals surface area contributed by atoms with E-state index in [1.807, 2.05) is 0 Å². The van der Waals surface area contributed by atoms with Crippen LogP contribution in [0.25, 0.3) is 0 Å². The third kappa shape index (κ3) is 6.09. The van der Waals surface area contributed by atoms with E-state index in [-0.39, 0.29) is 0 Å². The van der Waals surface area contributed by atoms with Gasteiger partial charge in [-0.15, -0.1) is 0 Å². The zero-order valence-corrected chi connectivity index (χ0v) is 11.1. The minimum atomic E-state index is 0.646. The number of anilines is 1. The van der Waals surface area contributed by atoms with Crippen LogP contribution >= 0.6 is 0 Å². The highest BCUT2D eigenvalue weighted by Gasteiger charge is 2.00. The molecule has 96 valence electrons. The Morgan fingerprint density at radius 1 is 1.41 bits per heavy atom. The number of aromatic nitrogens is 2. The van der Waals surface area contributed by atoms with Crippen molar-refractivity contribution < 1.29 is 4.74 Å². The molecule has 1 aromatic heterocycles. The van der Waals surface area contributed by atoms with Gasteiger partial charge in [-0.05, 0) is 25.2 Å². The Bertz CT molecular complexity index is 315. The lowest BCUT2D eigenvalue weighted by Gasteiger charge is -2.08. The van der Waals surface area contributed by atoms with Crippen molar-refractivity contribution >= 4 is 5.95 Å². The van der Waals surface area contributed by atoms with Crippen LogP contribution in [0.5, 0.6) is 5.88 Å². The maximum Gasteiger partial charge on any atom is 0.225 e. The van der Waals surface area contributed by atoms with Gasteiger partial charge in [-0.1, -0.05) is 20.8 Å². The maximum absolute atomic E-state index is 5.59. The van der Waals surface area contributed by atoms with E-state index in [2.05, 4.69) is 36.1 Å².